The average Bonchev–Trinajstić information content (AvgIpc) is 3.42. The van der Waals surface area contributed by atoms with E-state index < -0.39 is 12.1 Å². The summed E-state index contributed by atoms with van der Waals surface area (Å²) in [7, 11) is 1.63. The number of benzene rings is 2. The number of fused-ring (bicyclic) bond motifs is 1. The van der Waals surface area contributed by atoms with Gasteiger partial charge in [0.05, 0.1) is 19.7 Å². The lowest BCUT2D eigenvalue weighted by Gasteiger charge is -2.26. The molecule has 1 aliphatic heterocycles. The molecule has 1 aromatic heterocycles. The van der Waals surface area contributed by atoms with E-state index in [1.807, 2.05) is 80.3 Å². The first kappa shape index (κ1) is 30.7. The van der Waals surface area contributed by atoms with Gasteiger partial charge >= 0.3 is 0 Å². The van der Waals surface area contributed by atoms with Gasteiger partial charge in [0.2, 0.25) is 17.7 Å². The number of aromatic nitrogens is 3. The number of rotatable bonds is 7. The molecule has 0 fully saturated rings. The molecule has 42 heavy (non-hydrogen) atoms. The van der Waals surface area contributed by atoms with Crippen LogP contribution in [0.1, 0.15) is 63.9 Å². The molecule has 0 aliphatic carbocycles. The van der Waals surface area contributed by atoms with Crippen molar-refractivity contribution in [2.45, 2.75) is 71.5 Å². The van der Waals surface area contributed by atoms with Crippen LogP contribution in [0.15, 0.2) is 54.6 Å². The lowest BCUT2D eigenvalue weighted by molar-refractivity contribution is -0.132. The summed E-state index contributed by atoms with van der Waals surface area (Å²) in [4.78, 5) is 46.2. The number of nitrogens with one attached hydrogen (secondary N) is 2. The largest absolute Gasteiger partial charge is 0.497 e. The highest BCUT2D eigenvalue weighted by Gasteiger charge is 2.27. The van der Waals surface area contributed by atoms with Crippen LogP contribution in [0.5, 0.6) is 5.75 Å². The molecule has 2 heterocycles. The molecule has 224 valence electrons. The first-order valence-corrected chi connectivity index (χ1v) is 14.7. The van der Waals surface area contributed by atoms with Crippen LogP contribution in [-0.4, -0.2) is 63.6 Å². The zero-order chi connectivity index (χ0) is 30.1. The van der Waals surface area contributed by atoms with Crippen molar-refractivity contribution in [2.75, 3.05) is 20.2 Å². The maximum atomic E-state index is 13.4. The fourth-order valence-electron chi connectivity index (χ4n) is 5.11. The van der Waals surface area contributed by atoms with E-state index in [1.165, 1.54) is 0 Å². The quantitative estimate of drug-likeness (QED) is 0.442. The van der Waals surface area contributed by atoms with Crippen molar-refractivity contribution in [1.82, 2.24) is 30.3 Å². The lowest BCUT2D eigenvalue weighted by atomic mass is 10.0. The molecule has 2 atom stereocenters. The third-order valence-corrected chi connectivity index (χ3v) is 7.39. The smallest absolute Gasteiger partial charge is 0.243 e. The van der Waals surface area contributed by atoms with Crippen LogP contribution >= 0.6 is 0 Å². The molecule has 1 aliphatic rings. The highest BCUT2D eigenvalue weighted by atomic mass is 16.5. The molecule has 2 N–H and O–H groups in total. The van der Waals surface area contributed by atoms with Gasteiger partial charge in [-0.2, -0.15) is 5.10 Å². The van der Waals surface area contributed by atoms with Crippen molar-refractivity contribution < 1.29 is 19.1 Å². The van der Waals surface area contributed by atoms with E-state index in [2.05, 4.69) is 10.6 Å². The highest BCUT2D eigenvalue weighted by Crippen LogP contribution is 2.20. The van der Waals surface area contributed by atoms with Gasteiger partial charge in [0.1, 0.15) is 17.6 Å². The van der Waals surface area contributed by atoms with Crippen LogP contribution in [0.3, 0.4) is 0 Å². The van der Waals surface area contributed by atoms with Gasteiger partial charge in [-0.25, -0.2) is 9.67 Å². The Kier molecular flexibility index (Phi) is 10.7. The Hall–Kier alpha value is -4.21. The van der Waals surface area contributed by atoms with Crippen LogP contribution in [0.4, 0.5) is 0 Å². The van der Waals surface area contributed by atoms with E-state index in [4.69, 9.17) is 14.8 Å². The monoisotopic (exact) mass is 574 g/mol. The van der Waals surface area contributed by atoms with Crippen LogP contribution in [0, 0.1) is 5.92 Å². The van der Waals surface area contributed by atoms with Gasteiger partial charge in [0.15, 0.2) is 5.82 Å². The molecule has 3 aromatic rings. The van der Waals surface area contributed by atoms with E-state index in [1.54, 1.807) is 11.8 Å². The topological polar surface area (TPSA) is 118 Å². The van der Waals surface area contributed by atoms with Crippen LogP contribution in [0.2, 0.25) is 0 Å². The molecule has 0 saturated heterocycles. The summed E-state index contributed by atoms with van der Waals surface area (Å²) >= 11 is 0. The van der Waals surface area contributed by atoms with Crippen LogP contribution in [-0.2, 0) is 27.3 Å². The summed E-state index contributed by atoms with van der Waals surface area (Å²) < 4.78 is 7.03. The Labute approximate surface area is 247 Å². The number of methoxy groups -OCH3 is 1. The van der Waals surface area contributed by atoms with Gasteiger partial charge in [-0.1, -0.05) is 56.3 Å². The number of aryl methyl sites for hydroxylation is 1. The molecule has 2 aromatic carbocycles. The minimum atomic E-state index is -0.657. The maximum absolute atomic E-state index is 13.4. The average molecular weight is 575 g/mol. The second-order valence-corrected chi connectivity index (χ2v) is 11.2. The number of hydrogen-bond donors (Lipinski definition) is 2. The maximum Gasteiger partial charge on any atom is 0.243 e. The van der Waals surface area contributed by atoms with Gasteiger partial charge in [0.25, 0.3) is 0 Å². The third kappa shape index (κ3) is 8.41. The SMILES string of the molecule is COc1ccc(CCC(=O)N2CCCC(=O)N[C@H](CC(C)C)C(=O)N[C@H](C)c3nc(-c4ccccc4)nn3CC2)cc1. The normalized spacial score (nSPS) is 18.5. The molecule has 0 bridgehead atoms. The zero-order valence-electron chi connectivity index (χ0n) is 25.0. The van der Waals surface area contributed by atoms with Gasteiger partial charge in [0, 0.05) is 31.5 Å². The number of ether oxygens (including phenoxy) is 1. The Morgan fingerprint density at radius 1 is 1.02 bits per heavy atom. The van der Waals surface area contributed by atoms with Crippen molar-refractivity contribution in [3.05, 3.63) is 66.0 Å². The molecule has 10 nitrogen and oxygen atoms in total. The molecule has 4 rings (SSSR count). The summed E-state index contributed by atoms with van der Waals surface area (Å²) in [6, 6.07) is 16.3. The van der Waals surface area contributed by atoms with Crippen molar-refractivity contribution in [2.24, 2.45) is 5.92 Å². The minimum Gasteiger partial charge on any atom is -0.497 e. The van der Waals surface area contributed by atoms with Gasteiger partial charge < -0.3 is 20.3 Å². The Balaban J connectivity index is 1.58. The van der Waals surface area contributed by atoms with Crippen molar-refractivity contribution in [3.63, 3.8) is 0 Å². The Bertz CT molecular complexity index is 1340. The second-order valence-electron chi connectivity index (χ2n) is 11.2. The Morgan fingerprint density at radius 3 is 2.45 bits per heavy atom. The van der Waals surface area contributed by atoms with Crippen LogP contribution in [0.25, 0.3) is 11.4 Å². The van der Waals surface area contributed by atoms with E-state index >= 15 is 0 Å². The first-order valence-electron chi connectivity index (χ1n) is 14.7. The summed E-state index contributed by atoms with van der Waals surface area (Å²) in [6.45, 7) is 7.15. The molecular formula is C32H42N6O4. The second kappa shape index (κ2) is 14.6. The molecule has 0 unspecified atom stereocenters. The summed E-state index contributed by atoms with van der Waals surface area (Å²) in [5, 5.41) is 10.7. The Morgan fingerprint density at radius 2 is 1.76 bits per heavy atom. The molecule has 0 saturated carbocycles. The number of amides is 3. The van der Waals surface area contributed by atoms with Gasteiger partial charge in [-0.3, -0.25) is 14.4 Å². The van der Waals surface area contributed by atoms with Crippen molar-refractivity contribution in [3.8, 4) is 17.1 Å². The van der Waals surface area contributed by atoms with Crippen molar-refractivity contribution in [1.29, 1.82) is 0 Å². The summed E-state index contributed by atoms with van der Waals surface area (Å²) in [6.07, 6.45) is 2.19. The van der Waals surface area contributed by atoms with Gasteiger partial charge in [-0.05, 0) is 49.8 Å². The van der Waals surface area contributed by atoms with E-state index in [9.17, 15) is 14.4 Å². The lowest BCUT2D eigenvalue weighted by Crippen LogP contribution is -2.48. The molecule has 0 radical (unpaired) electrons. The molecule has 3 amide bonds. The van der Waals surface area contributed by atoms with Gasteiger partial charge in [-0.15, -0.1) is 0 Å². The van der Waals surface area contributed by atoms with E-state index in [-0.39, 0.29) is 30.1 Å². The number of nitrogens with zero attached hydrogens (tertiary/aromatic N) is 4. The molecular weight excluding hydrogens is 532 g/mol. The van der Waals surface area contributed by atoms with E-state index in [0.717, 1.165) is 16.9 Å². The van der Waals surface area contributed by atoms with Crippen molar-refractivity contribution >= 4 is 17.7 Å². The highest BCUT2D eigenvalue weighted by molar-refractivity contribution is 5.87. The summed E-state index contributed by atoms with van der Waals surface area (Å²) in [5.41, 5.74) is 1.92. The van der Waals surface area contributed by atoms with E-state index in [0.29, 0.717) is 57.0 Å². The number of carbonyl (C=O) groups excluding carboxylic acids is 3. The zero-order valence-corrected chi connectivity index (χ0v) is 25.0. The number of carbonyl (C=O) groups is 3. The standard InChI is InChI=1S/C32H42N6O4/c1-22(2)21-27-32(41)33-23(3)31-35-30(25-9-6-5-7-10-25)36-38(31)20-19-37(18-8-11-28(39)34-27)29(40)17-14-24-12-15-26(42-4)16-13-24/h5-7,9-10,12-13,15-16,22-23,27H,8,11,14,17-21H2,1-4H3,(H,33,41)(H,34,39)/t23-,27-/m1/s1. The summed E-state index contributed by atoms with van der Waals surface area (Å²) in [5.74, 6) is 1.72. The predicted molar refractivity (Wildman–Crippen MR) is 161 cm³/mol. The fraction of sp³-hybridized carbons (Fsp3) is 0.469. The van der Waals surface area contributed by atoms with Crippen LogP contribution < -0.4 is 15.4 Å². The molecule has 10 heteroatoms. The number of hydrogen-bond acceptors (Lipinski definition) is 6. The first-order chi connectivity index (χ1) is 20.2. The minimum absolute atomic E-state index is 0.0160. The third-order valence-electron chi connectivity index (χ3n) is 7.39. The molecule has 0 spiro atoms. The predicted octanol–water partition coefficient (Wildman–Crippen LogP) is 3.92. The fourth-order valence-corrected chi connectivity index (χ4v) is 5.11.